The average Bonchev–Trinajstić information content (AvgIpc) is 2.92. The Labute approximate surface area is 154 Å². The molecule has 0 fully saturated rings. The molecule has 0 aliphatic heterocycles. The lowest BCUT2D eigenvalue weighted by molar-refractivity contribution is -0.137. The highest BCUT2D eigenvalue weighted by atomic mass is 35.5. The maximum Gasteiger partial charge on any atom is 0.416 e. The van der Waals surface area contributed by atoms with Gasteiger partial charge in [0.05, 0.1) is 22.6 Å². The summed E-state index contributed by atoms with van der Waals surface area (Å²) in [5.74, 6) is 0.584. The van der Waals surface area contributed by atoms with Gasteiger partial charge in [-0.25, -0.2) is 4.98 Å². The fraction of sp³-hybridized carbons (Fsp3) is 0.316. The highest BCUT2D eigenvalue weighted by molar-refractivity contribution is 6.30. The molecule has 0 spiro atoms. The van der Waals surface area contributed by atoms with E-state index in [4.69, 9.17) is 17.3 Å². The second-order valence-corrected chi connectivity index (χ2v) is 6.72. The number of nitrogens with two attached hydrogens (primary N) is 1. The van der Waals surface area contributed by atoms with Gasteiger partial charge in [0.25, 0.3) is 0 Å². The number of rotatable bonds is 5. The van der Waals surface area contributed by atoms with Crippen molar-refractivity contribution in [1.29, 1.82) is 0 Å². The van der Waals surface area contributed by atoms with E-state index in [1.54, 1.807) is 6.07 Å². The summed E-state index contributed by atoms with van der Waals surface area (Å²) < 4.78 is 40.9. The molecule has 3 aromatic rings. The molecule has 0 amide bonds. The van der Waals surface area contributed by atoms with Crippen LogP contribution < -0.4 is 5.73 Å². The van der Waals surface area contributed by atoms with Crippen molar-refractivity contribution in [3.63, 3.8) is 0 Å². The lowest BCUT2D eigenvalue weighted by Gasteiger charge is -2.14. The van der Waals surface area contributed by atoms with Crippen molar-refractivity contribution in [1.82, 2.24) is 9.55 Å². The summed E-state index contributed by atoms with van der Waals surface area (Å²) in [5.41, 5.74) is 7.38. The van der Waals surface area contributed by atoms with Crippen LogP contribution in [-0.2, 0) is 12.7 Å². The molecule has 1 aromatic heterocycles. The molecule has 0 bridgehead atoms. The molecule has 0 saturated carbocycles. The Kier molecular flexibility index (Phi) is 5.25. The summed E-state index contributed by atoms with van der Waals surface area (Å²) in [7, 11) is 0. The van der Waals surface area contributed by atoms with E-state index in [9.17, 15) is 13.2 Å². The van der Waals surface area contributed by atoms with E-state index in [-0.39, 0.29) is 6.04 Å². The molecule has 2 aromatic carbocycles. The molecule has 26 heavy (non-hydrogen) atoms. The van der Waals surface area contributed by atoms with Crippen LogP contribution in [0.4, 0.5) is 13.2 Å². The van der Waals surface area contributed by atoms with Crippen LogP contribution in [0, 0.1) is 0 Å². The zero-order valence-electron chi connectivity index (χ0n) is 14.2. The molecule has 3 rings (SSSR count). The van der Waals surface area contributed by atoms with Crippen LogP contribution in [0.15, 0.2) is 42.5 Å². The summed E-state index contributed by atoms with van der Waals surface area (Å²) in [6.45, 7) is 2.45. The van der Waals surface area contributed by atoms with E-state index in [0.29, 0.717) is 34.8 Å². The Bertz CT molecular complexity index is 918. The van der Waals surface area contributed by atoms with Crippen LogP contribution in [-0.4, -0.2) is 9.55 Å². The van der Waals surface area contributed by atoms with Gasteiger partial charge in [0, 0.05) is 11.6 Å². The molecule has 0 unspecified atom stereocenters. The number of imidazole rings is 1. The van der Waals surface area contributed by atoms with Crippen molar-refractivity contribution in [3.8, 4) is 0 Å². The van der Waals surface area contributed by atoms with Crippen molar-refractivity contribution < 1.29 is 13.2 Å². The first-order valence-corrected chi connectivity index (χ1v) is 8.74. The summed E-state index contributed by atoms with van der Waals surface area (Å²) in [5, 5.41) is 0.602. The number of hydrogen-bond acceptors (Lipinski definition) is 2. The molecular formula is C19H19ClF3N3. The van der Waals surface area contributed by atoms with Crippen LogP contribution >= 0.6 is 11.6 Å². The molecule has 2 N–H and O–H groups in total. The van der Waals surface area contributed by atoms with E-state index >= 15 is 0 Å². The number of nitrogens with zero attached hydrogens (tertiary/aromatic N) is 2. The average molecular weight is 382 g/mol. The second-order valence-electron chi connectivity index (χ2n) is 6.28. The lowest BCUT2D eigenvalue weighted by atomic mass is 10.1. The van der Waals surface area contributed by atoms with Gasteiger partial charge < -0.3 is 10.3 Å². The van der Waals surface area contributed by atoms with Crippen molar-refractivity contribution >= 4 is 22.6 Å². The SMILES string of the molecule is CCC[C@H](N)c1nc2cc(C(F)(F)F)ccc2n1Cc1cccc(Cl)c1. The Morgan fingerprint density at radius 1 is 1.19 bits per heavy atom. The van der Waals surface area contributed by atoms with Crippen LogP contribution in [0.3, 0.4) is 0 Å². The normalized spacial score (nSPS) is 13.3. The van der Waals surface area contributed by atoms with E-state index in [0.717, 1.165) is 24.1 Å². The number of aromatic nitrogens is 2. The monoisotopic (exact) mass is 381 g/mol. The number of fused-ring (bicyclic) bond motifs is 1. The summed E-state index contributed by atoms with van der Waals surface area (Å²) in [4.78, 5) is 4.43. The van der Waals surface area contributed by atoms with Crippen molar-refractivity contribution in [2.24, 2.45) is 5.73 Å². The second kappa shape index (κ2) is 7.29. The first-order valence-electron chi connectivity index (χ1n) is 8.37. The van der Waals surface area contributed by atoms with Gasteiger partial charge in [-0.05, 0) is 42.3 Å². The topological polar surface area (TPSA) is 43.8 Å². The molecule has 0 saturated heterocycles. The zero-order chi connectivity index (χ0) is 18.9. The summed E-state index contributed by atoms with van der Waals surface area (Å²) in [6.07, 6.45) is -2.85. The first kappa shape index (κ1) is 18.7. The lowest BCUT2D eigenvalue weighted by Crippen LogP contribution is -2.17. The molecule has 0 aliphatic carbocycles. The Morgan fingerprint density at radius 2 is 1.96 bits per heavy atom. The molecule has 3 nitrogen and oxygen atoms in total. The molecule has 138 valence electrons. The maximum atomic E-state index is 13.0. The minimum Gasteiger partial charge on any atom is -0.322 e. The fourth-order valence-electron chi connectivity index (χ4n) is 3.03. The Balaban J connectivity index is 2.12. The van der Waals surface area contributed by atoms with Gasteiger partial charge in [-0.2, -0.15) is 13.2 Å². The smallest absolute Gasteiger partial charge is 0.322 e. The third-order valence-electron chi connectivity index (χ3n) is 4.27. The highest BCUT2D eigenvalue weighted by Gasteiger charge is 2.31. The van der Waals surface area contributed by atoms with Crippen LogP contribution in [0.25, 0.3) is 11.0 Å². The van der Waals surface area contributed by atoms with Gasteiger partial charge >= 0.3 is 6.18 Å². The third-order valence-corrected chi connectivity index (χ3v) is 4.50. The maximum absolute atomic E-state index is 13.0. The van der Waals surface area contributed by atoms with Crippen LogP contribution in [0.2, 0.25) is 5.02 Å². The predicted octanol–water partition coefficient (Wildman–Crippen LogP) is 5.56. The number of halogens is 4. The molecule has 0 radical (unpaired) electrons. The zero-order valence-corrected chi connectivity index (χ0v) is 15.0. The van der Waals surface area contributed by atoms with Crippen LogP contribution in [0.5, 0.6) is 0 Å². The van der Waals surface area contributed by atoms with Crippen LogP contribution in [0.1, 0.15) is 42.8 Å². The predicted molar refractivity (Wildman–Crippen MR) is 97.1 cm³/mol. The molecule has 1 heterocycles. The summed E-state index contributed by atoms with van der Waals surface area (Å²) in [6, 6.07) is 10.6. The van der Waals surface area contributed by atoms with E-state index < -0.39 is 11.7 Å². The van der Waals surface area contributed by atoms with Crippen molar-refractivity contribution in [2.75, 3.05) is 0 Å². The molecule has 1 atom stereocenters. The van der Waals surface area contributed by atoms with Gasteiger partial charge in [0.1, 0.15) is 5.82 Å². The molecule has 7 heteroatoms. The largest absolute Gasteiger partial charge is 0.416 e. The minimum absolute atomic E-state index is 0.295. The van der Waals surface area contributed by atoms with Gasteiger partial charge in [0.15, 0.2) is 0 Å². The number of benzene rings is 2. The summed E-state index contributed by atoms with van der Waals surface area (Å²) >= 11 is 6.05. The van der Waals surface area contributed by atoms with E-state index in [2.05, 4.69) is 4.98 Å². The number of hydrogen-bond donors (Lipinski definition) is 1. The first-order chi connectivity index (χ1) is 12.3. The van der Waals surface area contributed by atoms with Crippen molar-refractivity contribution in [3.05, 3.63) is 64.4 Å². The number of alkyl halides is 3. The Morgan fingerprint density at radius 3 is 2.62 bits per heavy atom. The quantitative estimate of drug-likeness (QED) is 0.629. The molecule has 0 aliphatic rings. The standard InChI is InChI=1S/C19H19ClF3N3/c1-2-4-15(24)18-25-16-10-13(19(21,22)23)7-8-17(16)26(18)11-12-5-3-6-14(20)9-12/h3,5-10,15H,2,4,11,24H2,1H3/t15-/m0/s1. The molecular weight excluding hydrogens is 363 g/mol. The minimum atomic E-state index is -4.41. The van der Waals surface area contributed by atoms with Gasteiger partial charge in [-0.15, -0.1) is 0 Å². The van der Waals surface area contributed by atoms with Gasteiger partial charge in [-0.1, -0.05) is 37.1 Å². The highest BCUT2D eigenvalue weighted by Crippen LogP contribution is 2.32. The third kappa shape index (κ3) is 3.86. The fourth-order valence-corrected chi connectivity index (χ4v) is 3.24. The Hall–Kier alpha value is -2.05. The van der Waals surface area contributed by atoms with Crippen molar-refractivity contribution in [2.45, 2.75) is 38.5 Å². The van der Waals surface area contributed by atoms with Gasteiger partial charge in [-0.3, -0.25) is 0 Å². The van der Waals surface area contributed by atoms with E-state index in [1.807, 2.05) is 29.7 Å². The van der Waals surface area contributed by atoms with Gasteiger partial charge in [0.2, 0.25) is 0 Å². The van der Waals surface area contributed by atoms with E-state index in [1.165, 1.54) is 6.07 Å².